The topological polar surface area (TPSA) is 49.6 Å². The summed E-state index contributed by atoms with van der Waals surface area (Å²) in [6.45, 7) is 2.97. The number of rotatable bonds is 4. The van der Waals surface area contributed by atoms with E-state index in [1.807, 2.05) is 21.0 Å². The SMILES string of the molecule is CC(CCN(C)C)N(C)C(N)=O. The lowest BCUT2D eigenvalue weighted by Gasteiger charge is -2.24. The number of nitrogens with two attached hydrogens (primary N) is 1. The second kappa shape index (κ2) is 4.98. The number of amides is 2. The average Bonchev–Trinajstić information content (AvgIpc) is 1.98. The Morgan fingerprint density at radius 2 is 1.92 bits per heavy atom. The Hall–Kier alpha value is -0.770. The Balaban J connectivity index is 3.71. The van der Waals surface area contributed by atoms with E-state index in [1.165, 1.54) is 0 Å². The summed E-state index contributed by atoms with van der Waals surface area (Å²) in [5, 5.41) is 0. The van der Waals surface area contributed by atoms with Crippen LogP contribution in [0.4, 0.5) is 4.79 Å². The molecule has 4 nitrogen and oxygen atoms in total. The highest BCUT2D eigenvalue weighted by Crippen LogP contribution is 2.00. The number of primary amides is 1. The van der Waals surface area contributed by atoms with Gasteiger partial charge in [-0.25, -0.2) is 4.79 Å². The van der Waals surface area contributed by atoms with Crippen LogP contribution in [0.3, 0.4) is 0 Å². The summed E-state index contributed by atoms with van der Waals surface area (Å²) >= 11 is 0. The van der Waals surface area contributed by atoms with Crippen LogP contribution >= 0.6 is 0 Å². The molecule has 4 heteroatoms. The van der Waals surface area contributed by atoms with E-state index < -0.39 is 0 Å². The van der Waals surface area contributed by atoms with Crippen molar-refractivity contribution in [2.24, 2.45) is 5.73 Å². The third-order valence-electron chi connectivity index (χ3n) is 2.00. The summed E-state index contributed by atoms with van der Waals surface area (Å²) in [7, 11) is 5.75. The first-order chi connectivity index (χ1) is 5.45. The Morgan fingerprint density at radius 1 is 1.42 bits per heavy atom. The molecule has 0 heterocycles. The van der Waals surface area contributed by atoms with Gasteiger partial charge in [-0.15, -0.1) is 0 Å². The largest absolute Gasteiger partial charge is 0.351 e. The Morgan fingerprint density at radius 3 is 2.25 bits per heavy atom. The molecule has 72 valence electrons. The van der Waals surface area contributed by atoms with Crippen LogP contribution < -0.4 is 5.73 Å². The number of nitrogens with zero attached hydrogens (tertiary/aromatic N) is 2. The minimum atomic E-state index is -0.360. The fourth-order valence-corrected chi connectivity index (χ4v) is 0.856. The number of urea groups is 1. The van der Waals surface area contributed by atoms with Gasteiger partial charge in [0.05, 0.1) is 0 Å². The van der Waals surface area contributed by atoms with E-state index in [0.29, 0.717) is 0 Å². The molecule has 0 spiro atoms. The summed E-state index contributed by atoms with van der Waals surface area (Å²) in [5.41, 5.74) is 5.12. The van der Waals surface area contributed by atoms with Crippen LogP contribution in [0.25, 0.3) is 0 Å². The van der Waals surface area contributed by atoms with E-state index in [2.05, 4.69) is 4.90 Å². The van der Waals surface area contributed by atoms with Gasteiger partial charge in [0.1, 0.15) is 0 Å². The van der Waals surface area contributed by atoms with E-state index in [-0.39, 0.29) is 12.1 Å². The molecule has 0 saturated carbocycles. The maximum absolute atomic E-state index is 10.7. The standard InChI is InChI=1S/C8H19N3O/c1-7(5-6-10(2)3)11(4)8(9)12/h7H,5-6H2,1-4H3,(H2,9,12). The van der Waals surface area contributed by atoms with Gasteiger partial charge in [-0.2, -0.15) is 0 Å². The summed E-state index contributed by atoms with van der Waals surface area (Å²) in [4.78, 5) is 14.4. The first-order valence-corrected chi connectivity index (χ1v) is 4.12. The molecule has 0 bridgehead atoms. The molecule has 0 aromatic rings. The van der Waals surface area contributed by atoms with Crippen molar-refractivity contribution in [3.8, 4) is 0 Å². The monoisotopic (exact) mass is 173 g/mol. The van der Waals surface area contributed by atoms with E-state index in [0.717, 1.165) is 13.0 Å². The van der Waals surface area contributed by atoms with Crippen molar-refractivity contribution < 1.29 is 4.79 Å². The van der Waals surface area contributed by atoms with Crippen molar-refractivity contribution in [1.29, 1.82) is 0 Å². The minimum Gasteiger partial charge on any atom is -0.351 e. The molecule has 1 unspecified atom stereocenters. The summed E-state index contributed by atoms with van der Waals surface area (Å²) < 4.78 is 0. The predicted molar refractivity (Wildman–Crippen MR) is 50.0 cm³/mol. The number of carbonyl (C=O) groups is 1. The predicted octanol–water partition coefficient (Wildman–Crippen LogP) is 0.337. The lowest BCUT2D eigenvalue weighted by molar-refractivity contribution is 0.196. The van der Waals surface area contributed by atoms with Crippen LogP contribution in [0, 0.1) is 0 Å². The van der Waals surface area contributed by atoms with Gasteiger partial charge < -0.3 is 15.5 Å². The maximum atomic E-state index is 10.7. The molecule has 0 rings (SSSR count). The van der Waals surface area contributed by atoms with Gasteiger partial charge >= 0.3 is 6.03 Å². The highest BCUT2D eigenvalue weighted by atomic mass is 16.2. The van der Waals surface area contributed by atoms with Gasteiger partial charge in [-0.05, 0) is 34.0 Å². The smallest absolute Gasteiger partial charge is 0.314 e. The summed E-state index contributed by atoms with van der Waals surface area (Å²) in [6.07, 6.45) is 0.951. The van der Waals surface area contributed by atoms with Crippen LogP contribution in [0.2, 0.25) is 0 Å². The van der Waals surface area contributed by atoms with Gasteiger partial charge in [0.2, 0.25) is 0 Å². The average molecular weight is 173 g/mol. The van der Waals surface area contributed by atoms with Crippen molar-refractivity contribution in [1.82, 2.24) is 9.80 Å². The van der Waals surface area contributed by atoms with Gasteiger partial charge in [0.25, 0.3) is 0 Å². The second-order valence-corrected chi connectivity index (χ2v) is 3.39. The third kappa shape index (κ3) is 4.18. The third-order valence-corrected chi connectivity index (χ3v) is 2.00. The molecule has 12 heavy (non-hydrogen) atoms. The van der Waals surface area contributed by atoms with Gasteiger partial charge in [-0.1, -0.05) is 0 Å². The fourth-order valence-electron chi connectivity index (χ4n) is 0.856. The Labute approximate surface area is 74.3 Å². The van der Waals surface area contributed by atoms with Crippen molar-refractivity contribution in [2.45, 2.75) is 19.4 Å². The van der Waals surface area contributed by atoms with E-state index in [9.17, 15) is 4.79 Å². The van der Waals surface area contributed by atoms with Gasteiger partial charge in [0, 0.05) is 13.1 Å². The maximum Gasteiger partial charge on any atom is 0.314 e. The molecule has 0 aliphatic rings. The van der Waals surface area contributed by atoms with Crippen molar-refractivity contribution in [3.05, 3.63) is 0 Å². The zero-order valence-electron chi connectivity index (χ0n) is 8.37. The van der Waals surface area contributed by atoms with Crippen LogP contribution in [-0.2, 0) is 0 Å². The molecular formula is C8H19N3O. The van der Waals surface area contributed by atoms with Crippen molar-refractivity contribution in [3.63, 3.8) is 0 Å². The molecule has 0 aromatic heterocycles. The van der Waals surface area contributed by atoms with Crippen LogP contribution in [-0.4, -0.2) is 49.6 Å². The molecule has 0 radical (unpaired) electrons. The highest BCUT2D eigenvalue weighted by Gasteiger charge is 2.11. The molecule has 0 aromatic carbocycles. The van der Waals surface area contributed by atoms with Crippen LogP contribution in [0.15, 0.2) is 0 Å². The Kier molecular flexibility index (Phi) is 4.66. The molecule has 0 saturated heterocycles. The molecule has 0 aliphatic heterocycles. The molecule has 1 atom stereocenters. The second-order valence-electron chi connectivity index (χ2n) is 3.39. The fraction of sp³-hybridized carbons (Fsp3) is 0.875. The Bertz CT molecular complexity index is 147. The number of hydrogen-bond donors (Lipinski definition) is 1. The normalized spacial score (nSPS) is 13.1. The van der Waals surface area contributed by atoms with Crippen LogP contribution in [0.5, 0.6) is 0 Å². The van der Waals surface area contributed by atoms with E-state index >= 15 is 0 Å². The van der Waals surface area contributed by atoms with Gasteiger partial charge in [-0.3, -0.25) is 0 Å². The van der Waals surface area contributed by atoms with E-state index in [1.54, 1.807) is 11.9 Å². The zero-order chi connectivity index (χ0) is 9.72. The van der Waals surface area contributed by atoms with Crippen molar-refractivity contribution >= 4 is 6.03 Å². The molecule has 2 N–H and O–H groups in total. The van der Waals surface area contributed by atoms with Crippen molar-refractivity contribution in [2.75, 3.05) is 27.7 Å². The highest BCUT2D eigenvalue weighted by molar-refractivity contribution is 5.71. The number of carbonyl (C=O) groups excluding carboxylic acids is 1. The molecule has 0 aliphatic carbocycles. The summed E-state index contributed by atoms with van der Waals surface area (Å²) in [6, 6.07) is -0.147. The molecule has 0 fully saturated rings. The van der Waals surface area contributed by atoms with E-state index in [4.69, 9.17) is 5.73 Å². The zero-order valence-corrected chi connectivity index (χ0v) is 8.37. The summed E-state index contributed by atoms with van der Waals surface area (Å²) in [5.74, 6) is 0. The minimum absolute atomic E-state index is 0.213. The first kappa shape index (κ1) is 11.2. The molecule has 2 amide bonds. The quantitative estimate of drug-likeness (QED) is 0.666. The molecular weight excluding hydrogens is 154 g/mol. The van der Waals surface area contributed by atoms with Crippen LogP contribution in [0.1, 0.15) is 13.3 Å². The lowest BCUT2D eigenvalue weighted by Crippen LogP contribution is -2.40. The number of hydrogen-bond acceptors (Lipinski definition) is 2. The first-order valence-electron chi connectivity index (χ1n) is 4.12. The van der Waals surface area contributed by atoms with Gasteiger partial charge in [0.15, 0.2) is 0 Å². The lowest BCUT2D eigenvalue weighted by atomic mass is 10.2.